The monoisotopic (exact) mass is 542 g/mol. The van der Waals surface area contributed by atoms with Gasteiger partial charge in [-0.15, -0.1) is 5.10 Å². The van der Waals surface area contributed by atoms with Gasteiger partial charge >= 0.3 is 5.16 Å². The number of hydrogen-bond donors (Lipinski definition) is 3. The van der Waals surface area contributed by atoms with Crippen molar-refractivity contribution in [3.05, 3.63) is 82.3 Å². The molecule has 0 saturated carbocycles. The van der Waals surface area contributed by atoms with Gasteiger partial charge in [-0.1, -0.05) is 23.2 Å². The molecule has 4 rings (SSSR count). The summed E-state index contributed by atoms with van der Waals surface area (Å²) in [6.45, 7) is 2.25. The molecule has 1 amide bonds. The number of aromatic amines is 1. The number of rotatable bonds is 9. The fraction of sp³-hybridized carbons (Fsp3) is 0.120. The summed E-state index contributed by atoms with van der Waals surface area (Å²) >= 11 is 13.4. The fourth-order valence-corrected chi connectivity index (χ4v) is 4.26. The summed E-state index contributed by atoms with van der Waals surface area (Å²) in [5, 5.41) is 23.1. The van der Waals surface area contributed by atoms with Gasteiger partial charge in [-0.05, 0) is 91.0 Å². The fourth-order valence-electron chi connectivity index (χ4n) is 3.25. The quantitative estimate of drug-likeness (QED) is 0.119. The summed E-state index contributed by atoms with van der Waals surface area (Å²) in [7, 11) is 0. The third kappa shape index (κ3) is 6.37. The van der Waals surface area contributed by atoms with Gasteiger partial charge in [0.05, 0.1) is 29.2 Å². The number of hydrogen-bond acceptors (Lipinski definition) is 6. The van der Waals surface area contributed by atoms with E-state index in [0.29, 0.717) is 33.1 Å². The van der Waals surface area contributed by atoms with Gasteiger partial charge in [-0.2, -0.15) is 9.67 Å². The number of amides is 1. The lowest BCUT2D eigenvalue weighted by molar-refractivity contribution is -0.625. The van der Waals surface area contributed by atoms with Crippen molar-refractivity contribution < 1.29 is 19.2 Å². The van der Waals surface area contributed by atoms with E-state index in [1.54, 1.807) is 36.4 Å². The largest absolute Gasteiger partial charge is 0.504 e. The molecule has 3 N–H and O–H groups in total. The van der Waals surface area contributed by atoms with Crippen molar-refractivity contribution in [3.63, 3.8) is 0 Å². The molecule has 1 aromatic heterocycles. The molecule has 0 saturated heterocycles. The number of thioether (sulfide) groups is 1. The molecule has 0 radical (unpaired) electrons. The first-order valence-corrected chi connectivity index (χ1v) is 12.6. The highest BCUT2D eigenvalue weighted by atomic mass is 35.5. The van der Waals surface area contributed by atoms with Gasteiger partial charge in [0.25, 0.3) is 11.7 Å². The third-order valence-electron chi connectivity index (χ3n) is 4.89. The van der Waals surface area contributed by atoms with E-state index in [1.807, 2.05) is 35.8 Å². The second-order valence-corrected chi connectivity index (χ2v) is 9.23. The Balaban J connectivity index is 1.47. The Morgan fingerprint density at radius 1 is 1.14 bits per heavy atom. The van der Waals surface area contributed by atoms with E-state index in [-0.39, 0.29) is 17.4 Å². The second kappa shape index (κ2) is 11.9. The summed E-state index contributed by atoms with van der Waals surface area (Å²) < 4.78 is 7.27. The van der Waals surface area contributed by atoms with E-state index in [2.05, 4.69) is 20.7 Å². The topological polar surface area (TPSA) is 103 Å². The minimum absolute atomic E-state index is 0.0420. The smallest absolute Gasteiger partial charge is 0.342 e. The number of hydrazone groups is 1. The number of nitrogens with zero attached hydrogens (tertiary/aromatic N) is 3. The number of phenols is 1. The average Bonchev–Trinajstić information content (AvgIpc) is 3.29. The van der Waals surface area contributed by atoms with Gasteiger partial charge in [0.2, 0.25) is 0 Å². The Morgan fingerprint density at radius 2 is 1.83 bits per heavy atom. The highest BCUT2D eigenvalue weighted by Crippen LogP contribution is 2.26. The van der Waals surface area contributed by atoms with Gasteiger partial charge in [-0.25, -0.2) is 5.43 Å². The Morgan fingerprint density at radius 3 is 2.53 bits per heavy atom. The van der Waals surface area contributed by atoms with Crippen LogP contribution in [-0.4, -0.2) is 39.8 Å². The zero-order valence-electron chi connectivity index (χ0n) is 19.1. The highest BCUT2D eigenvalue weighted by Gasteiger charge is 2.24. The predicted molar refractivity (Wildman–Crippen MR) is 141 cm³/mol. The Hall–Kier alpha value is -3.53. The number of phenolic OH excluding ortho intramolecular Hbond substituents is 1. The zero-order chi connectivity index (χ0) is 25.5. The normalized spacial score (nSPS) is 11.1. The lowest BCUT2D eigenvalue weighted by Gasteiger charge is -2.06. The molecule has 1 heterocycles. The first kappa shape index (κ1) is 25.6. The standard InChI is InChI=1S/C25H21Cl2N5O3S/c1-2-35-22-13-16(3-12-21(22)33)14-28-29-23(34)15-36-25-31-30-24(17-4-6-18(26)7-5-17)32(25)20-10-8-19(27)9-11-20/h3-14H,2,15H2,1H3,(H2,28,29,33,34)/p+1. The van der Waals surface area contributed by atoms with Gasteiger partial charge < -0.3 is 9.84 Å². The van der Waals surface area contributed by atoms with Crippen molar-refractivity contribution in [2.75, 3.05) is 12.4 Å². The highest BCUT2D eigenvalue weighted by molar-refractivity contribution is 7.99. The number of aromatic nitrogens is 3. The summed E-state index contributed by atoms with van der Waals surface area (Å²) in [6, 6.07) is 19.5. The lowest BCUT2D eigenvalue weighted by atomic mass is 10.2. The lowest BCUT2D eigenvalue weighted by Crippen LogP contribution is -2.34. The molecular weight excluding hydrogens is 521 g/mol. The van der Waals surface area contributed by atoms with Crippen LogP contribution in [0.5, 0.6) is 11.5 Å². The first-order chi connectivity index (χ1) is 17.4. The number of ether oxygens (including phenoxy) is 1. The number of halogens is 2. The third-order valence-corrected chi connectivity index (χ3v) is 6.34. The van der Waals surface area contributed by atoms with Crippen LogP contribution in [0, 0.1) is 0 Å². The number of benzene rings is 3. The maximum atomic E-state index is 12.4. The summed E-state index contributed by atoms with van der Waals surface area (Å²) in [5.41, 5.74) is 4.88. The van der Waals surface area contributed by atoms with Crippen LogP contribution in [0.15, 0.2) is 77.0 Å². The minimum Gasteiger partial charge on any atom is -0.504 e. The van der Waals surface area contributed by atoms with Crippen LogP contribution in [-0.2, 0) is 4.79 Å². The van der Waals surface area contributed by atoms with E-state index in [4.69, 9.17) is 27.9 Å². The van der Waals surface area contributed by atoms with Crippen molar-refractivity contribution in [1.82, 2.24) is 15.6 Å². The van der Waals surface area contributed by atoms with Crippen LogP contribution in [0.25, 0.3) is 17.1 Å². The molecule has 0 bridgehead atoms. The van der Waals surface area contributed by atoms with Crippen molar-refractivity contribution in [2.24, 2.45) is 5.10 Å². The van der Waals surface area contributed by atoms with E-state index in [0.717, 1.165) is 17.1 Å². The zero-order valence-corrected chi connectivity index (χ0v) is 21.4. The molecule has 0 fully saturated rings. The summed E-state index contributed by atoms with van der Waals surface area (Å²) in [4.78, 5) is 12.4. The van der Waals surface area contributed by atoms with Crippen molar-refractivity contribution in [2.45, 2.75) is 12.1 Å². The number of carbonyl (C=O) groups excluding carboxylic acids is 1. The van der Waals surface area contributed by atoms with Crippen LogP contribution in [0.3, 0.4) is 0 Å². The maximum Gasteiger partial charge on any atom is 0.342 e. The Bertz CT molecular complexity index is 1380. The summed E-state index contributed by atoms with van der Waals surface area (Å²) in [5.74, 6) is 0.895. The van der Waals surface area contributed by atoms with E-state index in [9.17, 15) is 9.90 Å². The van der Waals surface area contributed by atoms with Gasteiger partial charge in [0.1, 0.15) is 5.69 Å². The minimum atomic E-state index is -0.307. The van der Waals surface area contributed by atoms with Gasteiger partial charge in [0.15, 0.2) is 11.5 Å². The summed E-state index contributed by atoms with van der Waals surface area (Å²) in [6.07, 6.45) is 1.48. The van der Waals surface area contributed by atoms with Crippen LogP contribution in [0.1, 0.15) is 12.5 Å². The average molecular weight is 543 g/mol. The molecule has 0 aliphatic heterocycles. The molecule has 8 nitrogen and oxygen atoms in total. The number of aromatic hydroxyl groups is 1. The van der Waals surface area contributed by atoms with Crippen molar-refractivity contribution >= 4 is 47.1 Å². The molecule has 11 heteroatoms. The van der Waals surface area contributed by atoms with Crippen LogP contribution in [0.4, 0.5) is 0 Å². The number of carbonyl (C=O) groups is 1. The molecule has 36 heavy (non-hydrogen) atoms. The maximum absolute atomic E-state index is 12.4. The molecule has 0 unspecified atom stereocenters. The molecule has 0 aliphatic carbocycles. The van der Waals surface area contributed by atoms with Gasteiger partial charge in [-0.3, -0.25) is 4.79 Å². The van der Waals surface area contributed by atoms with Crippen LogP contribution >= 0.6 is 35.0 Å². The molecule has 184 valence electrons. The molecule has 0 aliphatic rings. The molecule has 0 spiro atoms. The molecule has 4 aromatic rings. The SMILES string of the molecule is CCOc1cc(C=NNC(=O)CSc2n[nH]c(-c3ccc(Cl)cc3)[n+]2-c2ccc(Cl)cc2)ccc1O. The molecule has 3 aromatic carbocycles. The Kier molecular flexibility index (Phi) is 8.48. The van der Waals surface area contributed by atoms with Gasteiger partial charge in [0, 0.05) is 10.0 Å². The van der Waals surface area contributed by atoms with Crippen molar-refractivity contribution in [1.29, 1.82) is 0 Å². The van der Waals surface area contributed by atoms with Crippen molar-refractivity contribution in [3.8, 4) is 28.6 Å². The number of H-pyrrole nitrogens is 1. The Labute approximate surface area is 221 Å². The predicted octanol–water partition coefficient (Wildman–Crippen LogP) is 5.01. The second-order valence-electron chi connectivity index (χ2n) is 7.42. The molecular formula is C25H22Cl2N5O3S+. The number of nitrogens with one attached hydrogen (secondary N) is 2. The van der Waals surface area contributed by atoms with E-state index >= 15 is 0 Å². The van der Waals surface area contributed by atoms with E-state index in [1.165, 1.54) is 24.0 Å². The van der Waals surface area contributed by atoms with Crippen LogP contribution in [0.2, 0.25) is 10.0 Å². The van der Waals surface area contributed by atoms with Crippen LogP contribution < -0.4 is 14.7 Å². The van der Waals surface area contributed by atoms with E-state index < -0.39 is 0 Å². The first-order valence-electron chi connectivity index (χ1n) is 10.9. The molecule has 0 atom stereocenters.